The summed E-state index contributed by atoms with van der Waals surface area (Å²) in [5, 5.41) is 0.482. The molecule has 0 aliphatic heterocycles. The van der Waals surface area contributed by atoms with Crippen molar-refractivity contribution in [1.82, 2.24) is 24.1 Å². The fourth-order valence-corrected chi connectivity index (χ4v) is 4.43. The Hall–Kier alpha value is -4.32. The van der Waals surface area contributed by atoms with Gasteiger partial charge in [0, 0.05) is 5.69 Å². The summed E-state index contributed by atoms with van der Waals surface area (Å²) >= 11 is 0. The van der Waals surface area contributed by atoms with Crippen molar-refractivity contribution in [3.8, 4) is 5.69 Å². The molecule has 3 aromatic carbocycles. The number of para-hydroxylation sites is 2. The Morgan fingerprint density at radius 2 is 1.55 bits per heavy atom. The van der Waals surface area contributed by atoms with E-state index in [1.165, 1.54) is 0 Å². The maximum absolute atomic E-state index is 13.8. The molecule has 0 bridgehead atoms. The maximum atomic E-state index is 13.8. The van der Waals surface area contributed by atoms with Gasteiger partial charge in [-0.25, -0.2) is 15.0 Å². The zero-order valence-corrected chi connectivity index (χ0v) is 18.3. The second kappa shape index (κ2) is 7.38. The molecule has 0 unspecified atom stereocenters. The van der Waals surface area contributed by atoms with Crippen molar-refractivity contribution in [1.29, 1.82) is 0 Å². The minimum absolute atomic E-state index is 0.127. The van der Waals surface area contributed by atoms with Crippen molar-refractivity contribution < 1.29 is 0 Å². The van der Waals surface area contributed by atoms with E-state index in [2.05, 4.69) is 6.07 Å². The molecule has 0 amide bonds. The van der Waals surface area contributed by atoms with E-state index in [0.717, 1.165) is 27.8 Å². The van der Waals surface area contributed by atoms with E-state index in [9.17, 15) is 4.79 Å². The number of aromatic nitrogens is 5. The van der Waals surface area contributed by atoms with Crippen LogP contribution in [-0.2, 0) is 0 Å². The number of fused-ring (bicyclic) bond motifs is 4. The van der Waals surface area contributed by atoms with E-state index in [4.69, 9.17) is 15.0 Å². The number of aryl methyl sites for hydroxylation is 1. The lowest BCUT2D eigenvalue weighted by Gasteiger charge is -2.15. The Labute approximate surface area is 189 Å². The van der Waals surface area contributed by atoms with E-state index < -0.39 is 0 Å². The lowest BCUT2D eigenvalue weighted by Crippen LogP contribution is -2.24. The number of nitrogens with zero attached hydrogens (tertiary/aromatic N) is 5. The van der Waals surface area contributed by atoms with E-state index in [1.807, 2.05) is 91.2 Å². The lowest BCUT2D eigenvalue weighted by molar-refractivity contribution is 0.608. The van der Waals surface area contributed by atoms with Crippen LogP contribution in [0, 0.1) is 6.92 Å². The van der Waals surface area contributed by atoms with Crippen LogP contribution in [0.3, 0.4) is 0 Å². The van der Waals surface area contributed by atoms with Gasteiger partial charge in [-0.05, 0) is 49.2 Å². The van der Waals surface area contributed by atoms with Gasteiger partial charge >= 0.3 is 0 Å². The molecule has 0 saturated carbocycles. The lowest BCUT2D eigenvalue weighted by atomic mass is 10.1. The molecule has 6 rings (SSSR count). The molecule has 0 aliphatic carbocycles. The normalized spacial score (nSPS) is 12.5. The Bertz CT molecular complexity index is 1720. The molecule has 0 fully saturated rings. The Kier molecular flexibility index (Phi) is 4.33. The Morgan fingerprint density at radius 1 is 0.818 bits per heavy atom. The molecule has 1 atom stereocenters. The number of hydrogen-bond acceptors (Lipinski definition) is 4. The number of rotatable bonds is 3. The van der Waals surface area contributed by atoms with Crippen LogP contribution in [0.15, 0.2) is 90.0 Å². The van der Waals surface area contributed by atoms with E-state index >= 15 is 0 Å². The average molecular weight is 431 g/mol. The van der Waals surface area contributed by atoms with Crippen molar-refractivity contribution in [3.05, 3.63) is 107 Å². The number of benzene rings is 3. The quantitative estimate of drug-likeness (QED) is 0.386. The molecule has 33 heavy (non-hydrogen) atoms. The van der Waals surface area contributed by atoms with Crippen molar-refractivity contribution in [3.63, 3.8) is 0 Å². The highest BCUT2D eigenvalue weighted by Gasteiger charge is 2.22. The SMILES string of the molecule is Cc1cccc(-n2c3nc4ccccc4nc3c3c(=O)n([C@H](C)c4ccccc4)cnc32)c1. The van der Waals surface area contributed by atoms with Crippen LogP contribution < -0.4 is 5.56 Å². The third kappa shape index (κ3) is 3.03. The summed E-state index contributed by atoms with van der Waals surface area (Å²) in [6.07, 6.45) is 1.63. The first-order chi connectivity index (χ1) is 16.1. The van der Waals surface area contributed by atoms with Gasteiger partial charge in [-0.15, -0.1) is 0 Å². The standard InChI is InChI=1S/C27H21N5O/c1-17-9-8-12-20(15-17)32-25-23(24-26(32)30-22-14-7-6-13-21(22)29-24)27(33)31(16-28-25)18(2)19-10-4-3-5-11-19/h3-16,18H,1-2H3/t18-/m1/s1. The Balaban J connectivity index is 1.73. The summed E-state index contributed by atoms with van der Waals surface area (Å²) in [7, 11) is 0. The van der Waals surface area contributed by atoms with Crippen molar-refractivity contribution in [2.75, 3.05) is 0 Å². The molecule has 0 aliphatic rings. The fraction of sp³-hybridized carbons (Fsp3) is 0.111. The van der Waals surface area contributed by atoms with Gasteiger partial charge in [-0.1, -0.05) is 54.6 Å². The molecular formula is C27H21N5O. The van der Waals surface area contributed by atoms with Crippen LogP contribution in [0.5, 0.6) is 0 Å². The van der Waals surface area contributed by atoms with E-state index in [-0.39, 0.29) is 11.6 Å². The third-order valence-electron chi connectivity index (χ3n) is 6.15. The van der Waals surface area contributed by atoms with Crippen LogP contribution in [0.4, 0.5) is 0 Å². The average Bonchev–Trinajstić information content (AvgIpc) is 3.17. The van der Waals surface area contributed by atoms with Crippen LogP contribution in [0.25, 0.3) is 38.9 Å². The second-order valence-corrected chi connectivity index (χ2v) is 8.30. The minimum atomic E-state index is -0.165. The van der Waals surface area contributed by atoms with Crippen molar-refractivity contribution in [2.45, 2.75) is 19.9 Å². The van der Waals surface area contributed by atoms with Crippen LogP contribution in [0.2, 0.25) is 0 Å². The highest BCUT2D eigenvalue weighted by Crippen LogP contribution is 2.29. The molecule has 0 spiro atoms. The van der Waals surface area contributed by atoms with Gasteiger partial charge in [-0.3, -0.25) is 13.9 Å². The van der Waals surface area contributed by atoms with Crippen molar-refractivity contribution >= 4 is 33.2 Å². The topological polar surface area (TPSA) is 65.6 Å². The summed E-state index contributed by atoms with van der Waals surface area (Å²) in [5.41, 5.74) is 6.22. The summed E-state index contributed by atoms with van der Waals surface area (Å²) in [4.78, 5) is 28.4. The van der Waals surface area contributed by atoms with Gasteiger partial charge in [0.05, 0.1) is 17.1 Å². The first-order valence-corrected chi connectivity index (χ1v) is 10.9. The molecule has 6 heteroatoms. The summed E-state index contributed by atoms with van der Waals surface area (Å²) < 4.78 is 3.62. The fourth-order valence-electron chi connectivity index (χ4n) is 4.43. The first kappa shape index (κ1) is 19.4. The molecule has 3 heterocycles. The largest absolute Gasteiger partial charge is 0.291 e. The summed E-state index contributed by atoms with van der Waals surface area (Å²) in [6.45, 7) is 4.05. The number of hydrogen-bond donors (Lipinski definition) is 0. The van der Waals surface area contributed by atoms with Gasteiger partial charge in [0.15, 0.2) is 11.3 Å². The summed E-state index contributed by atoms with van der Waals surface area (Å²) in [6, 6.07) is 25.6. The van der Waals surface area contributed by atoms with Crippen LogP contribution >= 0.6 is 0 Å². The first-order valence-electron chi connectivity index (χ1n) is 10.9. The van der Waals surface area contributed by atoms with Crippen LogP contribution in [0.1, 0.15) is 24.1 Å². The van der Waals surface area contributed by atoms with Crippen LogP contribution in [-0.4, -0.2) is 24.1 Å². The van der Waals surface area contributed by atoms with E-state index in [0.29, 0.717) is 22.2 Å². The molecule has 0 radical (unpaired) electrons. The maximum Gasteiger partial charge on any atom is 0.265 e. The van der Waals surface area contributed by atoms with E-state index in [1.54, 1.807) is 10.9 Å². The molecular weight excluding hydrogens is 410 g/mol. The van der Waals surface area contributed by atoms with Gasteiger partial charge in [0.2, 0.25) is 0 Å². The molecule has 6 aromatic rings. The highest BCUT2D eigenvalue weighted by atomic mass is 16.1. The molecule has 6 nitrogen and oxygen atoms in total. The molecule has 3 aromatic heterocycles. The molecule has 0 N–H and O–H groups in total. The predicted molar refractivity (Wildman–Crippen MR) is 131 cm³/mol. The van der Waals surface area contributed by atoms with Gasteiger partial charge < -0.3 is 0 Å². The highest BCUT2D eigenvalue weighted by molar-refractivity contribution is 6.05. The Morgan fingerprint density at radius 3 is 2.30 bits per heavy atom. The smallest absolute Gasteiger partial charge is 0.265 e. The second-order valence-electron chi connectivity index (χ2n) is 8.30. The van der Waals surface area contributed by atoms with Gasteiger partial charge in [-0.2, -0.15) is 0 Å². The third-order valence-corrected chi connectivity index (χ3v) is 6.15. The zero-order chi connectivity index (χ0) is 22.5. The predicted octanol–water partition coefficient (Wildman–Crippen LogP) is 5.20. The molecule has 0 saturated heterocycles. The van der Waals surface area contributed by atoms with Crippen molar-refractivity contribution in [2.24, 2.45) is 0 Å². The van der Waals surface area contributed by atoms with Gasteiger partial charge in [0.1, 0.15) is 17.2 Å². The van der Waals surface area contributed by atoms with Gasteiger partial charge in [0.25, 0.3) is 5.56 Å². The summed E-state index contributed by atoms with van der Waals surface area (Å²) in [5.74, 6) is 0. The molecule has 160 valence electrons. The minimum Gasteiger partial charge on any atom is -0.291 e. The zero-order valence-electron chi connectivity index (χ0n) is 18.3. The monoisotopic (exact) mass is 431 g/mol.